The molecule has 0 unspecified atom stereocenters. The van der Waals surface area contributed by atoms with Crippen molar-refractivity contribution in [1.29, 1.82) is 0 Å². The number of carbonyl (C=O) groups excluding carboxylic acids is 2. The Bertz CT molecular complexity index is 1340. The number of rotatable bonds is 5. The molecule has 0 saturated heterocycles. The minimum Gasteiger partial charge on any atom is -0.495 e. The molecule has 0 saturated carbocycles. The van der Waals surface area contributed by atoms with Crippen LogP contribution in [0.3, 0.4) is 0 Å². The largest absolute Gasteiger partial charge is 0.495 e. The van der Waals surface area contributed by atoms with E-state index >= 15 is 0 Å². The molecule has 0 radical (unpaired) electrons. The van der Waals surface area contributed by atoms with Gasteiger partial charge in [-0.1, -0.05) is 35.4 Å². The molecular formula is C25H19ClF2N2O3. The molecular weight excluding hydrogens is 450 g/mol. The van der Waals surface area contributed by atoms with Crippen molar-refractivity contribution in [3.8, 4) is 5.75 Å². The van der Waals surface area contributed by atoms with E-state index in [2.05, 4.69) is 5.32 Å². The van der Waals surface area contributed by atoms with E-state index in [1.54, 1.807) is 31.2 Å². The lowest BCUT2D eigenvalue weighted by Crippen LogP contribution is -2.33. The maximum absolute atomic E-state index is 14.6. The van der Waals surface area contributed by atoms with E-state index in [9.17, 15) is 18.4 Å². The zero-order valence-electron chi connectivity index (χ0n) is 18.0. The Morgan fingerprint density at radius 3 is 2.39 bits per heavy atom. The molecule has 0 spiro atoms. The summed E-state index contributed by atoms with van der Waals surface area (Å²) >= 11 is 6.12. The number of ether oxygens (including phenoxy) is 1. The van der Waals surface area contributed by atoms with Gasteiger partial charge in [-0.3, -0.25) is 9.59 Å². The normalized spacial score (nSPS) is 13.7. The number of amides is 2. The molecule has 33 heavy (non-hydrogen) atoms. The Kier molecular flexibility index (Phi) is 5.91. The molecule has 3 aromatic carbocycles. The Balaban J connectivity index is 1.92. The third-order valence-corrected chi connectivity index (χ3v) is 5.54. The van der Waals surface area contributed by atoms with Crippen molar-refractivity contribution in [2.45, 2.75) is 13.8 Å². The van der Waals surface area contributed by atoms with Crippen LogP contribution in [-0.4, -0.2) is 18.9 Å². The summed E-state index contributed by atoms with van der Waals surface area (Å²) in [4.78, 5) is 27.6. The number of carbonyl (C=O) groups is 2. The molecule has 168 valence electrons. The first-order valence-electron chi connectivity index (χ1n) is 9.97. The number of nitrogens with zero attached hydrogens (tertiary/aromatic N) is 1. The maximum atomic E-state index is 14.6. The van der Waals surface area contributed by atoms with Crippen molar-refractivity contribution in [3.05, 3.63) is 93.6 Å². The number of benzene rings is 3. The Morgan fingerprint density at radius 1 is 0.939 bits per heavy atom. The fourth-order valence-electron chi connectivity index (χ4n) is 3.78. The van der Waals surface area contributed by atoms with Crippen molar-refractivity contribution >= 4 is 40.4 Å². The van der Waals surface area contributed by atoms with E-state index in [0.29, 0.717) is 26.9 Å². The van der Waals surface area contributed by atoms with Gasteiger partial charge in [0.05, 0.1) is 24.1 Å². The van der Waals surface area contributed by atoms with Gasteiger partial charge < -0.3 is 10.1 Å². The molecule has 0 bridgehead atoms. The number of anilines is 2. The summed E-state index contributed by atoms with van der Waals surface area (Å²) < 4.78 is 33.8. The first-order chi connectivity index (χ1) is 15.7. The molecule has 8 heteroatoms. The van der Waals surface area contributed by atoms with Gasteiger partial charge in [0.1, 0.15) is 23.1 Å². The Hall–Kier alpha value is -3.71. The van der Waals surface area contributed by atoms with Gasteiger partial charge in [0.2, 0.25) is 0 Å². The van der Waals surface area contributed by atoms with E-state index < -0.39 is 29.1 Å². The zero-order chi connectivity index (χ0) is 23.9. The van der Waals surface area contributed by atoms with Gasteiger partial charge in [0, 0.05) is 11.1 Å². The summed E-state index contributed by atoms with van der Waals surface area (Å²) in [5.41, 5.74) is 1.99. The van der Waals surface area contributed by atoms with Crippen LogP contribution < -0.4 is 15.0 Å². The lowest BCUT2D eigenvalue weighted by molar-refractivity contribution is -0.120. The SMILES string of the molecule is COc1ccc(Cl)cc1NC1=C(c2ccc(C)cc2C)C(=O)N(c2cc(F)ccc2F)C1=O. The van der Waals surface area contributed by atoms with Crippen molar-refractivity contribution in [3.63, 3.8) is 0 Å². The van der Waals surface area contributed by atoms with Crippen LogP contribution >= 0.6 is 11.6 Å². The molecule has 3 aromatic rings. The highest BCUT2D eigenvalue weighted by molar-refractivity contribution is 6.46. The summed E-state index contributed by atoms with van der Waals surface area (Å²) in [6.45, 7) is 3.70. The van der Waals surface area contributed by atoms with Crippen molar-refractivity contribution < 1.29 is 23.1 Å². The highest BCUT2D eigenvalue weighted by atomic mass is 35.5. The van der Waals surface area contributed by atoms with Crippen LogP contribution in [0.15, 0.2) is 60.3 Å². The number of hydrogen-bond acceptors (Lipinski definition) is 4. The van der Waals surface area contributed by atoms with Crippen molar-refractivity contribution in [2.75, 3.05) is 17.3 Å². The predicted octanol–water partition coefficient (Wildman–Crippen LogP) is 5.64. The molecule has 1 aliphatic heterocycles. The number of methoxy groups -OCH3 is 1. The van der Waals surface area contributed by atoms with E-state index in [-0.39, 0.29) is 11.3 Å². The summed E-state index contributed by atoms with van der Waals surface area (Å²) in [5.74, 6) is -2.92. The first-order valence-corrected chi connectivity index (χ1v) is 10.4. The Labute approximate surface area is 194 Å². The van der Waals surface area contributed by atoms with Crippen molar-refractivity contribution in [1.82, 2.24) is 0 Å². The fourth-order valence-corrected chi connectivity index (χ4v) is 3.95. The minimum atomic E-state index is -0.903. The summed E-state index contributed by atoms with van der Waals surface area (Å²) in [5, 5.41) is 3.32. The van der Waals surface area contributed by atoms with E-state index in [1.807, 2.05) is 13.0 Å². The standard InChI is InChI=1S/C25H19ClF2N2O3/c1-13-4-7-17(14(2)10-13)22-23(29-19-11-15(26)5-9-21(19)33-3)25(32)30(24(22)31)20-12-16(27)6-8-18(20)28/h4-12,29H,1-3H3. The average molecular weight is 469 g/mol. The van der Waals surface area contributed by atoms with Gasteiger partial charge in [-0.15, -0.1) is 0 Å². The number of hydrogen-bond donors (Lipinski definition) is 1. The topological polar surface area (TPSA) is 58.6 Å². The number of nitrogens with one attached hydrogen (secondary N) is 1. The molecule has 1 aliphatic rings. The second kappa shape index (κ2) is 8.67. The monoisotopic (exact) mass is 468 g/mol. The van der Waals surface area contributed by atoms with Gasteiger partial charge in [0.15, 0.2) is 0 Å². The summed E-state index contributed by atoms with van der Waals surface area (Å²) in [6, 6.07) is 12.7. The molecule has 0 aromatic heterocycles. The van der Waals surface area contributed by atoms with Crippen molar-refractivity contribution in [2.24, 2.45) is 0 Å². The molecule has 5 nitrogen and oxygen atoms in total. The van der Waals surface area contributed by atoms with Crippen LogP contribution in [0.25, 0.3) is 5.57 Å². The molecule has 0 atom stereocenters. The highest BCUT2D eigenvalue weighted by Crippen LogP contribution is 2.38. The zero-order valence-corrected chi connectivity index (χ0v) is 18.8. The van der Waals surface area contributed by atoms with Crippen LogP contribution in [0.4, 0.5) is 20.2 Å². The smallest absolute Gasteiger partial charge is 0.282 e. The second-order valence-corrected chi connectivity index (χ2v) is 8.02. The van der Waals surface area contributed by atoms with Gasteiger partial charge in [-0.25, -0.2) is 13.7 Å². The maximum Gasteiger partial charge on any atom is 0.282 e. The van der Waals surface area contributed by atoms with E-state index in [1.165, 1.54) is 13.2 Å². The lowest BCUT2D eigenvalue weighted by atomic mass is 9.97. The lowest BCUT2D eigenvalue weighted by Gasteiger charge is -2.17. The van der Waals surface area contributed by atoms with E-state index in [0.717, 1.165) is 29.3 Å². The second-order valence-electron chi connectivity index (χ2n) is 7.58. The number of halogens is 3. The van der Waals surface area contributed by atoms with Crippen LogP contribution in [-0.2, 0) is 9.59 Å². The number of aryl methyl sites for hydroxylation is 2. The van der Waals surface area contributed by atoms with Crippen LogP contribution in [0, 0.1) is 25.5 Å². The fraction of sp³-hybridized carbons (Fsp3) is 0.120. The summed E-state index contributed by atoms with van der Waals surface area (Å²) in [7, 11) is 1.45. The van der Waals surface area contributed by atoms with Crippen LogP contribution in [0.1, 0.15) is 16.7 Å². The molecule has 4 rings (SSSR count). The Morgan fingerprint density at radius 2 is 1.70 bits per heavy atom. The van der Waals surface area contributed by atoms with E-state index in [4.69, 9.17) is 16.3 Å². The van der Waals surface area contributed by atoms with Gasteiger partial charge in [-0.2, -0.15) is 0 Å². The summed E-state index contributed by atoms with van der Waals surface area (Å²) in [6.07, 6.45) is 0. The third-order valence-electron chi connectivity index (χ3n) is 5.31. The average Bonchev–Trinajstić information content (AvgIpc) is 3.00. The molecule has 0 fully saturated rings. The first kappa shape index (κ1) is 22.5. The third kappa shape index (κ3) is 4.07. The van der Waals surface area contributed by atoms with Crippen LogP contribution in [0.5, 0.6) is 5.75 Å². The molecule has 2 amide bonds. The highest BCUT2D eigenvalue weighted by Gasteiger charge is 2.42. The predicted molar refractivity (Wildman–Crippen MR) is 123 cm³/mol. The van der Waals surface area contributed by atoms with Crippen LogP contribution in [0.2, 0.25) is 5.02 Å². The van der Waals surface area contributed by atoms with Gasteiger partial charge in [0.25, 0.3) is 11.8 Å². The van der Waals surface area contributed by atoms with Gasteiger partial charge >= 0.3 is 0 Å². The molecule has 1 N–H and O–H groups in total. The quantitative estimate of drug-likeness (QED) is 0.492. The molecule has 0 aliphatic carbocycles. The number of imide groups is 1. The van der Waals surface area contributed by atoms with Gasteiger partial charge in [-0.05, 0) is 55.3 Å². The molecule has 1 heterocycles. The minimum absolute atomic E-state index is 0.0307.